The summed E-state index contributed by atoms with van der Waals surface area (Å²) >= 11 is 3.14. The van der Waals surface area contributed by atoms with Crippen LogP contribution < -0.4 is 20.7 Å². The zero-order chi connectivity index (χ0) is 15.4. The monoisotopic (exact) mass is 354 g/mol. The summed E-state index contributed by atoms with van der Waals surface area (Å²) in [4.78, 5) is 0. The molecule has 0 aliphatic carbocycles. The van der Waals surface area contributed by atoms with Gasteiger partial charge in [0.15, 0.2) is 0 Å². The van der Waals surface area contributed by atoms with Crippen LogP contribution in [0.2, 0.25) is 0 Å². The quantitative estimate of drug-likeness (QED) is 0.639. The third-order valence-electron chi connectivity index (χ3n) is 3.19. The molecule has 1 unspecified atom stereocenters. The molecule has 2 aromatic rings. The first kappa shape index (κ1) is 15.8. The zero-order valence-electron chi connectivity index (χ0n) is 11.7. The van der Waals surface area contributed by atoms with Crippen molar-refractivity contribution in [1.82, 2.24) is 5.43 Å². The number of nitrogens with one attached hydrogen (secondary N) is 1. The molecule has 0 bridgehead atoms. The third kappa shape index (κ3) is 3.34. The minimum absolute atomic E-state index is 0.352. The smallest absolute Gasteiger partial charge is 0.137 e. The van der Waals surface area contributed by atoms with Gasteiger partial charge in [0.2, 0.25) is 0 Å². The maximum Gasteiger partial charge on any atom is 0.137 e. The number of halogens is 2. The first-order valence-electron chi connectivity index (χ1n) is 6.23. The standard InChI is InChI=1S/C15H16BrFN2O2/c1-20-10-4-6-14(21-2)11(8-10)15(19-18)9-3-5-12(16)13(17)7-9/h3-8,15,19H,18H2,1-2H3. The number of rotatable bonds is 5. The minimum Gasteiger partial charge on any atom is -0.497 e. The normalized spacial score (nSPS) is 12.0. The molecule has 0 fully saturated rings. The van der Waals surface area contributed by atoms with Gasteiger partial charge in [-0.3, -0.25) is 5.84 Å². The van der Waals surface area contributed by atoms with Crippen LogP contribution >= 0.6 is 15.9 Å². The van der Waals surface area contributed by atoms with Crippen molar-refractivity contribution in [2.75, 3.05) is 14.2 Å². The van der Waals surface area contributed by atoms with Crippen LogP contribution in [0.4, 0.5) is 4.39 Å². The Labute approximate surface area is 131 Å². The summed E-state index contributed by atoms with van der Waals surface area (Å²) in [5, 5.41) is 0. The van der Waals surface area contributed by atoms with E-state index in [0.717, 1.165) is 5.56 Å². The van der Waals surface area contributed by atoms with Gasteiger partial charge in [-0.15, -0.1) is 0 Å². The second kappa shape index (κ2) is 6.89. The molecular formula is C15H16BrFN2O2. The Hall–Kier alpha value is -1.63. The van der Waals surface area contributed by atoms with Gasteiger partial charge in [-0.05, 0) is 51.8 Å². The largest absolute Gasteiger partial charge is 0.497 e. The molecule has 0 spiro atoms. The van der Waals surface area contributed by atoms with Crippen molar-refractivity contribution < 1.29 is 13.9 Å². The molecule has 0 aromatic heterocycles. The summed E-state index contributed by atoms with van der Waals surface area (Å²) in [5.41, 5.74) is 4.14. The molecule has 0 radical (unpaired) electrons. The maximum atomic E-state index is 13.7. The van der Waals surface area contributed by atoms with E-state index >= 15 is 0 Å². The third-order valence-corrected chi connectivity index (χ3v) is 3.83. The lowest BCUT2D eigenvalue weighted by Crippen LogP contribution is -2.29. The molecule has 0 aliphatic rings. The van der Waals surface area contributed by atoms with Gasteiger partial charge in [-0.1, -0.05) is 6.07 Å². The van der Waals surface area contributed by atoms with Crippen LogP contribution in [-0.2, 0) is 0 Å². The van der Waals surface area contributed by atoms with E-state index in [9.17, 15) is 4.39 Å². The van der Waals surface area contributed by atoms with Crippen LogP contribution in [0.1, 0.15) is 17.2 Å². The molecule has 0 aliphatic heterocycles. The molecule has 1 atom stereocenters. The zero-order valence-corrected chi connectivity index (χ0v) is 13.3. The topological polar surface area (TPSA) is 56.5 Å². The fourth-order valence-corrected chi connectivity index (χ4v) is 2.37. The molecule has 2 aromatic carbocycles. The summed E-state index contributed by atoms with van der Waals surface area (Å²) in [5.74, 6) is 6.62. The van der Waals surface area contributed by atoms with Gasteiger partial charge in [0.05, 0.1) is 24.7 Å². The Morgan fingerprint density at radius 3 is 2.48 bits per heavy atom. The predicted octanol–water partition coefficient (Wildman–Crippen LogP) is 3.16. The number of hydrazine groups is 1. The number of ether oxygens (including phenoxy) is 2. The summed E-state index contributed by atoms with van der Waals surface area (Å²) in [7, 11) is 3.15. The van der Waals surface area contributed by atoms with Crippen LogP contribution in [-0.4, -0.2) is 14.2 Å². The van der Waals surface area contributed by atoms with Gasteiger partial charge < -0.3 is 9.47 Å². The van der Waals surface area contributed by atoms with E-state index < -0.39 is 6.04 Å². The van der Waals surface area contributed by atoms with Crippen molar-refractivity contribution in [3.05, 3.63) is 57.8 Å². The van der Waals surface area contributed by atoms with E-state index in [1.54, 1.807) is 38.5 Å². The first-order valence-corrected chi connectivity index (χ1v) is 7.03. The van der Waals surface area contributed by atoms with Gasteiger partial charge in [-0.25, -0.2) is 9.82 Å². The number of methoxy groups -OCH3 is 2. The average molecular weight is 355 g/mol. The second-order valence-corrected chi connectivity index (χ2v) is 5.24. The molecule has 4 nitrogen and oxygen atoms in total. The molecule has 2 rings (SSSR count). The van der Waals surface area contributed by atoms with Crippen molar-refractivity contribution in [1.29, 1.82) is 0 Å². The predicted molar refractivity (Wildman–Crippen MR) is 82.8 cm³/mol. The van der Waals surface area contributed by atoms with Gasteiger partial charge in [-0.2, -0.15) is 0 Å². The number of nitrogens with two attached hydrogens (primary N) is 1. The average Bonchev–Trinajstić information content (AvgIpc) is 2.51. The Balaban J connectivity index is 2.51. The van der Waals surface area contributed by atoms with E-state index in [1.165, 1.54) is 6.07 Å². The molecule has 3 N–H and O–H groups in total. The SMILES string of the molecule is COc1ccc(OC)c(C(NN)c2ccc(Br)c(F)c2)c1. The molecule has 0 heterocycles. The maximum absolute atomic E-state index is 13.7. The molecule has 0 saturated heterocycles. The van der Waals surface area contributed by atoms with E-state index in [1.807, 2.05) is 6.07 Å². The molecule has 0 saturated carbocycles. The van der Waals surface area contributed by atoms with Crippen LogP contribution in [0, 0.1) is 5.82 Å². The second-order valence-electron chi connectivity index (χ2n) is 4.38. The van der Waals surface area contributed by atoms with Gasteiger partial charge in [0.25, 0.3) is 0 Å². The summed E-state index contributed by atoms with van der Waals surface area (Å²) in [6.45, 7) is 0. The van der Waals surface area contributed by atoms with E-state index in [2.05, 4.69) is 21.4 Å². The van der Waals surface area contributed by atoms with Crippen molar-refractivity contribution in [2.24, 2.45) is 5.84 Å². The lowest BCUT2D eigenvalue weighted by atomic mass is 9.98. The van der Waals surface area contributed by atoms with Gasteiger partial charge in [0, 0.05) is 5.56 Å². The van der Waals surface area contributed by atoms with E-state index in [0.29, 0.717) is 21.5 Å². The van der Waals surface area contributed by atoms with Crippen LogP contribution in [0.3, 0.4) is 0 Å². The molecule has 0 amide bonds. The molecular weight excluding hydrogens is 339 g/mol. The number of benzene rings is 2. The van der Waals surface area contributed by atoms with Crippen molar-refractivity contribution in [3.8, 4) is 11.5 Å². The van der Waals surface area contributed by atoms with Gasteiger partial charge >= 0.3 is 0 Å². The van der Waals surface area contributed by atoms with Gasteiger partial charge in [0.1, 0.15) is 17.3 Å². The summed E-state index contributed by atoms with van der Waals surface area (Å²) in [6.07, 6.45) is 0. The van der Waals surface area contributed by atoms with Crippen LogP contribution in [0.15, 0.2) is 40.9 Å². The minimum atomic E-state index is -0.419. The highest BCUT2D eigenvalue weighted by Gasteiger charge is 2.19. The highest BCUT2D eigenvalue weighted by atomic mass is 79.9. The highest BCUT2D eigenvalue weighted by Crippen LogP contribution is 2.33. The van der Waals surface area contributed by atoms with Crippen LogP contribution in [0.5, 0.6) is 11.5 Å². The summed E-state index contributed by atoms with van der Waals surface area (Å²) in [6, 6.07) is 9.82. The fraction of sp³-hybridized carbons (Fsp3) is 0.200. The molecule has 21 heavy (non-hydrogen) atoms. The lowest BCUT2D eigenvalue weighted by molar-refractivity contribution is 0.394. The Bertz CT molecular complexity index is 637. The fourth-order valence-electron chi connectivity index (χ4n) is 2.12. The molecule has 112 valence electrons. The van der Waals surface area contributed by atoms with E-state index in [4.69, 9.17) is 15.3 Å². The van der Waals surface area contributed by atoms with Crippen molar-refractivity contribution >= 4 is 15.9 Å². The lowest BCUT2D eigenvalue weighted by Gasteiger charge is -2.20. The Morgan fingerprint density at radius 1 is 1.14 bits per heavy atom. The van der Waals surface area contributed by atoms with Crippen molar-refractivity contribution in [2.45, 2.75) is 6.04 Å². The number of hydrogen-bond donors (Lipinski definition) is 2. The summed E-state index contributed by atoms with van der Waals surface area (Å²) < 4.78 is 24.7. The Morgan fingerprint density at radius 2 is 1.90 bits per heavy atom. The Kier molecular flexibility index (Phi) is 5.17. The molecule has 6 heteroatoms. The van der Waals surface area contributed by atoms with E-state index in [-0.39, 0.29) is 5.82 Å². The first-order chi connectivity index (χ1) is 10.1. The van der Waals surface area contributed by atoms with Crippen LogP contribution in [0.25, 0.3) is 0 Å². The van der Waals surface area contributed by atoms with Crippen molar-refractivity contribution in [3.63, 3.8) is 0 Å². The highest BCUT2D eigenvalue weighted by molar-refractivity contribution is 9.10. The number of hydrogen-bond acceptors (Lipinski definition) is 4.